The summed E-state index contributed by atoms with van der Waals surface area (Å²) in [4.78, 5) is 31.4. The lowest BCUT2D eigenvalue weighted by Crippen LogP contribution is -2.47. The van der Waals surface area contributed by atoms with Crippen molar-refractivity contribution in [2.45, 2.75) is 58.9 Å². The molecule has 0 spiro atoms. The average Bonchev–Trinajstić information content (AvgIpc) is 3.21. The molecular formula is C25H32Cl2N2O2S. The molecule has 2 amide bonds. The minimum absolute atomic E-state index is 0.0395. The van der Waals surface area contributed by atoms with Crippen molar-refractivity contribution in [1.82, 2.24) is 9.80 Å². The first-order valence-corrected chi connectivity index (χ1v) is 13.0. The highest BCUT2D eigenvalue weighted by Crippen LogP contribution is 2.41. The molecule has 2 aromatic rings. The number of thiophene rings is 1. The molecule has 1 aromatic heterocycles. The van der Waals surface area contributed by atoms with Crippen LogP contribution in [0.5, 0.6) is 0 Å². The second kappa shape index (κ2) is 11.5. The van der Waals surface area contributed by atoms with Gasteiger partial charge in [0, 0.05) is 34.4 Å². The molecule has 1 aliphatic heterocycles. The highest BCUT2D eigenvalue weighted by molar-refractivity contribution is 7.10. The normalized spacial score (nSPS) is 15.7. The molecule has 1 atom stereocenters. The van der Waals surface area contributed by atoms with Crippen molar-refractivity contribution < 1.29 is 9.59 Å². The lowest BCUT2D eigenvalue weighted by atomic mass is 9.93. The first kappa shape index (κ1) is 25.1. The molecule has 0 N–H and O–H groups in total. The fraction of sp³-hybridized carbons (Fsp3) is 0.520. The van der Waals surface area contributed by atoms with Crippen LogP contribution in [0.2, 0.25) is 10.0 Å². The van der Waals surface area contributed by atoms with Crippen molar-refractivity contribution >= 4 is 46.4 Å². The second-order valence-electron chi connectivity index (χ2n) is 8.83. The van der Waals surface area contributed by atoms with Gasteiger partial charge in [-0.15, -0.1) is 11.3 Å². The number of hydrogen-bond donors (Lipinski definition) is 0. The minimum Gasteiger partial charge on any atom is -0.333 e. The zero-order valence-electron chi connectivity index (χ0n) is 19.1. The standard InChI is InChI=1S/C25H32Cl2N2O2S/c1-4-5-6-7-23(30)28(15-17(2)3)16-24(31)29-12-10-22-20(11-13-32-22)25(29)19-9-8-18(26)14-21(19)27/h8-9,11,13-14,17,25H,4-7,10,12,15-16H2,1-3H3. The molecule has 3 rings (SSSR count). The van der Waals surface area contributed by atoms with E-state index in [1.165, 1.54) is 4.88 Å². The number of rotatable bonds is 9. The average molecular weight is 496 g/mol. The van der Waals surface area contributed by atoms with Gasteiger partial charge in [0.05, 0.1) is 12.6 Å². The van der Waals surface area contributed by atoms with Crippen molar-refractivity contribution in [1.29, 1.82) is 0 Å². The van der Waals surface area contributed by atoms with E-state index in [1.54, 1.807) is 22.3 Å². The molecule has 0 fully saturated rings. The Morgan fingerprint density at radius 2 is 1.97 bits per heavy atom. The summed E-state index contributed by atoms with van der Waals surface area (Å²) in [5.41, 5.74) is 1.98. The van der Waals surface area contributed by atoms with Crippen LogP contribution in [0.1, 0.15) is 68.5 Å². The van der Waals surface area contributed by atoms with Crippen LogP contribution in [-0.4, -0.2) is 41.2 Å². The van der Waals surface area contributed by atoms with Gasteiger partial charge in [0.15, 0.2) is 0 Å². The first-order valence-electron chi connectivity index (χ1n) is 11.4. The number of fused-ring (bicyclic) bond motifs is 1. The minimum atomic E-state index is -0.265. The molecule has 7 heteroatoms. The lowest BCUT2D eigenvalue weighted by Gasteiger charge is -2.38. The molecule has 32 heavy (non-hydrogen) atoms. The molecular weight excluding hydrogens is 463 g/mol. The third kappa shape index (κ3) is 6.06. The molecule has 0 saturated carbocycles. The summed E-state index contributed by atoms with van der Waals surface area (Å²) in [7, 11) is 0. The number of carbonyl (C=O) groups is 2. The summed E-state index contributed by atoms with van der Waals surface area (Å²) < 4.78 is 0. The van der Waals surface area contributed by atoms with Gasteiger partial charge in [-0.3, -0.25) is 9.59 Å². The second-order valence-corrected chi connectivity index (χ2v) is 10.7. The van der Waals surface area contributed by atoms with Crippen molar-refractivity contribution in [3.63, 3.8) is 0 Å². The SMILES string of the molecule is CCCCCC(=O)N(CC(=O)N1CCc2sccc2C1c1ccc(Cl)cc1Cl)CC(C)C. The van der Waals surface area contributed by atoms with Crippen molar-refractivity contribution in [3.8, 4) is 0 Å². The Balaban J connectivity index is 1.86. The first-order chi connectivity index (χ1) is 15.3. The third-order valence-corrected chi connectivity index (χ3v) is 7.36. The summed E-state index contributed by atoms with van der Waals surface area (Å²) in [5.74, 6) is 0.321. The quantitative estimate of drug-likeness (QED) is 0.368. The number of carbonyl (C=O) groups excluding carboxylic acids is 2. The van der Waals surface area contributed by atoms with Gasteiger partial charge in [0.25, 0.3) is 0 Å². The number of halogens is 2. The van der Waals surface area contributed by atoms with Crippen LogP contribution in [0.25, 0.3) is 0 Å². The topological polar surface area (TPSA) is 40.6 Å². The number of amides is 2. The third-order valence-electron chi connectivity index (χ3n) is 5.80. The van der Waals surface area contributed by atoms with Crippen LogP contribution in [0.4, 0.5) is 0 Å². The molecule has 0 aliphatic carbocycles. The molecule has 4 nitrogen and oxygen atoms in total. The van der Waals surface area contributed by atoms with E-state index in [1.807, 2.05) is 17.0 Å². The Bertz CT molecular complexity index is 944. The smallest absolute Gasteiger partial charge is 0.242 e. The van der Waals surface area contributed by atoms with E-state index in [2.05, 4.69) is 32.2 Å². The Morgan fingerprint density at radius 3 is 2.66 bits per heavy atom. The molecule has 1 aliphatic rings. The monoisotopic (exact) mass is 494 g/mol. The van der Waals surface area contributed by atoms with E-state index >= 15 is 0 Å². The Kier molecular flexibility index (Phi) is 9.04. The van der Waals surface area contributed by atoms with Crippen LogP contribution >= 0.6 is 34.5 Å². The highest BCUT2D eigenvalue weighted by Gasteiger charge is 2.35. The largest absolute Gasteiger partial charge is 0.333 e. The highest BCUT2D eigenvalue weighted by atomic mass is 35.5. The zero-order valence-corrected chi connectivity index (χ0v) is 21.4. The van der Waals surface area contributed by atoms with Gasteiger partial charge >= 0.3 is 0 Å². The van der Waals surface area contributed by atoms with E-state index in [0.29, 0.717) is 35.5 Å². The van der Waals surface area contributed by atoms with Gasteiger partial charge in [-0.2, -0.15) is 0 Å². The molecule has 1 unspecified atom stereocenters. The summed E-state index contributed by atoms with van der Waals surface area (Å²) in [6.45, 7) is 7.56. The molecule has 0 radical (unpaired) electrons. The van der Waals surface area contributed by atoms with Gasteiger partial charge in [0.2, 0.25) is 11.8 Å². The molecule has 1 aromatic carbocycles. The molecule has 0 bridgehead atoms. The van der Waals surface area contributed by atoms with Crippen molar-refractivity contribution in [3.05, 3.63) is 55.7 Å². The summed E-state index contributed by atoms with van der Waals surface area (Å²) in [5, 5.41) is 3.19. The van der Waals surface area contributed by atoms with E-state index in [-0.39, 0.29) is 24.4 Å². The molecule has 0 saturated heterocycles. The number of nitrogens with zero attached hydrogens (tertiary/aromatic N) is 2. The van der Waals surface area contributed by atoms with Gasteiger partial charge < -0.3 is 9.80 Å². The molecule has 174 valence electrons. The number of benzene rings is 1. The van der Waals surface area contributed by atoms with Crippen LogP contribution in [0.3, 0.4) is 0 Å². The molecule has 2 heterocycles. The number of unbranched alkanes of at least 4 members (excludes halogenated alkanes) is 2. The fourth-order valence-electron chi connectivity index (χ4n) is 4.28. The van der Waals surface area contributed by atoms with E-state index in [4.69, 9.17) is 23.2 Å². The predicted octanol–water partition coefficient (Wildman–Crippen LogP) is 6.59. The maximum absolute atomic E-state index is 13.6. The van der Waals surface area contributed by atoms with Crippen molar-refractivity contribution in [2.75, 3.05) is 19.6 Å². The summed E-state index contributed by atoms with van der Waals surface area (Å²) in [6.07, 6.45) is 4.27. The van der Waals surface area contributed by atoms with Gasteiger partial charge in [-0.1, -0.05) is 62.9 Å². The van der Waals surface area contributed by atoms with Crippen LogP contribution in [0.15, 0.2) is 29.6 Å². The van der Waals surface area contributed by atoms with E-state index < -0.39 is 0 Å². The van der Waals surface area contributed by atoms with Crippen LogP contribution in [-0.2, 0) is 16.0 Å². The maximum atomic E-state index is 13.6. The van der Waals surface area contributed by atoms with Gasteiger partial charge in [0.1, 0.15) is 0 Å². The number of hydrogen-bond acceptors (Lipinski definition) is 3. The maximum Gasteiger partial charge on any atom is 0.242 e. The van der Waals surface area contributed by atoms with Crippen molar-refractivity contribution in [2.24, 2.45) is 5.92 Å². The van der Waals surface area contributed by atoms with E-state index in [0.717, 1.165) is 36.8 Å². The Morgan fingerprint density at radius 1 is 1.19 bits per heavy atom. The summed E-state index contributed by atoms with van der Waals surface area (Å²) in [6, 6.07) is 7.26. The van der Waals surface area contributed by atoms with Gasteiger partial charge in [-0.05, 0) is 53.5 Å². The Labute approximate surface area is 205 Å². The zero-order chi connectivity index (χ0) is 23.3. The van der Waals surface area contributed by atoms with Gasteiger partial charge in [-0.25, -0.2) is 0 Å². The lowest BCUT2D eigenvalue weighted by molar-refractivity contribution is -0.142. The van der Waals surface area contributed by atoms with Crippen LogP contribution < -0.4 is 0 Å². The Hall–Kier alpha value is -1.56. The van der Waals surface area contributed by atoms with Crippen LogP contribution in [0, 0.1) is 5.92 Å². The predicted molar refractivity (Wildman–Crippen MR) is 134 cm³/mol. The fourth-order valence-corrected chi connectivity index (χ4v) is 5.69. The summed E-state index contributed by atoms with van der Waals surface area (Å²) >= 11 is 14.4. The van der Waals surface area contributed by atoms with E-state index in [9.17, 15) is 9.59 Å².